The first-order chi connectivity index (χ1) is 13.6. The highest BCUT2D eigenvalue weighted by Crippen LogP contribution is 2.25. The molecule has 28 heavy (non-hydrogen) atoms. The minimum atomic E-state index is -3.41. The summed E-state index contributed by atoms with van der Waals surface area (Å²) in [6.45, 7) is 2.21. The number of ether oxygens (including phenoxy) is 1. The summed E-state index contributed by atoms with van der Waals surface area (Å²) in [4.78, 5) is 4.48. The molecular weight excluding hydrogens is 374 g/mol. The molecular formula is C21H23N3O3S. The van der Waals surface area contributed by atoms with Crippen molar-refractivity contribution >= 4 is 10.0 Å². The summed E-state index contributed by atoms with van der Waals surface area (Å²) in [5, 5.41) is 3.34. The fourth-order valence-corrected chi connectivity index (χ4v) is 4.93. The third-order valence-electron chi connectivity index (χ3n) is 4.93. The molecule has 1 aromatic heterocycles. The Balaban J connectivity index is 1.45. The summed E-state index contributed by atoms with van der Waals surface area (Å²) in [6.07, 6.45) is 7.40. The number of hydrogen-bond acceptors (Lipinski definition) is 5. The topological polar surface area (TPSA) is 71.5 Å². The van der Waals surface area contributed by atoms with Gasteiger partial charge in [-0.15, -0.1) is 0 Å². The molecule has 0 saturated carbocycles. The van der Waals surface area contributed by atoms with E-state index in [0.717, 1.165) is 37.8 Å². The normalized spacial score (nSPS) is 19.9. The second kappa shape index (κ2) is 8.31. The van der Waals surface area contributed by atoms with Crippen LogP contribution in [0, 0.1) is 11.8 Å². The lowest BCUT2D eigenvalue weighted by molar-refractivity contribution is 0.474. The van der Waals surface area contributed by atoms with Gasteiger partial charge in [-0.05, 0) is 62.6 Å². The van der Waals surface area contributed by atoms with Crippen LogP contribution in [-0.4, -0.2) is 43.4 Å². The van der Waals surface area contributed by atoms with Gasteiger partial charge >= 0.3 is 0 Å². The summed E-state index contributed by atoms with van der Waals surface area (Å²) in [7, 11) is -3.41. The Labute approximate surface area is 166 Å². The van der Waals surface area contributed by atoms with E-state index in [-0.39, 0.29) is 6.04 Å². The van der Waals surface area contributed by atoms with Crippen molar-refractivity contribution in [2.24, 2.45) is 0 Å². The SMILES string of the molecule is O=S(=O)(c1ccc(Oc2cncc(C#CC3CCCN3)c2)cc1)N1CCCC1. The zero-order valence-electron chi connectivity index (χ0n) is 15.6. The molecule has 146 valence electrons. The summed E-state index contributed by atoms with van der Waals surface area (Å²) in [5.41, 5.74) is 0.791. The van der Waals surface area contributed by atoms with Gasteiger partial charge in [-0.3, -0.25) is 4.98 Å². The Bertz CT molecular complexity index is 982. The van der Waals surface area contributed by atoms with E-state index in [9.17, 15) is 8.42 Å². The predicted octanol–water partition coefficient (Wildman–Crippen LogP) is 2.76. The molecule has 6 nitrogen and oxygen atoms in total. The lowest BCUT2D eigenvalue weighted by Gasteiger charge is -2.15. The van der Waals surface area contributed by atoms with Crippen molar-refractivity contribution in [1.29, 1.82) is 0 Å². The Hall–Kier alpha value is -2.40. The van der Waals surface area contributed by atoms with Crippen molar-refractivity contribution in [2.75, 3.05) is 19.6 Å². The molecule has 1 unspecified atom stereocenters. The molecule has 0 radical (unpaired) electrons. The number of hydrogen-bond donors (Lipinski definition) is 1. The van der Waals surface area contributed by atoms with Crippen LogP contribution in [-0.2, 0) is 10.0 Å². The van der Waals surface area contributed by atoms with E-state index in [4.69, 9.17) is 4.74 Å². The largest absolute Gasteiger partial charge is 0.456 e. The van der Waals surface area contributed by atoms with Crippen molar-refractivity contribution in [1.82, 2.24) is 14.6 Å². The first-order valence-electron chi connectivity index (χ1n) is 9.59. The predicted molar refractivity (Wildman–Crippen MR) is 107 cm³/mol. The molecule has 7 heteroatoms. The minimum absolute atomic E-state index is 0.245. The van der Waals surface area contributed by atoms with Crippen molar-refractivity contribution in [3.63, 3.8) is 0 Å². The van der Waals surface area contributed by atoms with Crippen LogP contribution in [0.4, 0.5) is 0 Å². The monoisotopic (exact) mass is 397 g/mol. The van der Waals surface area contributed by atoms with Gasteiger partial charge in [0.15, 0.2) is 0 Å². The highest BCUT2D eigenvalue weighted by atomic mass is 32.2. The molecule has 2 aliphatic rings. The van der Waals surface area contributed by atoms with Gasteiger partial charge in [0.05, 0.1) is 17.1 Å². The molecule has 4 rings (SSSR count). The Morgan fingerprint density at radius 3 is 2.57 bits per heavy atom. The second-order valence-electron chi connectivity index (χ2n) is 7.01. The average molecular weight is 398 g/mol. The number of sulfonamides is 1. The van der Waals surface area contributed by atoms with Crippen molar-refractivity contribution in [3.05, 3.63) is 48.3 Å². The molecule has 1 aromatic carbocycles. The van der Waals surface area contributed by atoms with E-state index in [1.54, 1.807) is 36.7 Å². The van der Waals surface area contributed by atoms with Gasteiger partial charge in [0, 0.05) is 24.8 Å². The average Bonchev–Trinajstić information content (AvgIpc) is 3.41. The van der Waals surface area contributed by atoms with Crippen LogP contribution in [0.1, 0.15) is 31.2 Å². The molecule has 0 spiro atoms. The Kier molecular flexibility index (Phi) is 5.62. The highest BCUT2D eigenvalue weighted by molar-refractivity contribution is 7.89. The molecule has 2 aromatic rings. The fraction of sp³-hybridized carbons (Fsp3) is 0.381. The first kappa shape index (κ1) is 18.9. The molecule has 2 saturated heterocycles. The maximum Gasteiger partial charge on any atom is 0.243 e. The standard InChI is InChI=1S/C21H23N3O3S/c25-28(26,24-12-1-2-13-24)21-9-7-19(8-10-21)27-20-14-17(15-22-16-20)5-6-18-4-3-11-23-18/h7-10,14-16,18,23H,1-4,11-13H2. The lowest BCUT2D eigenvalue weighted by atomic mass is 10.2. The zero-order valence-corrected chi connectivity index (χ0v) is 16.4. The van der Waals surface area contributed by atoms with Gasteiger partial charge < -0.3 is 10.1 Å². The molecule has 2 fully saturated rings. The Morgan fingerprint density at radius 2 is 1.86 bits per heavy atom. The van der Waals surface area contributed by atoms with Crippen LogP contribution in [0.15, 0.2) is 47.6 Å². The summed E-state index contributed by atoms with van der Waals surface area (Å²) in [6, 6.07) is 8.60. The number of nitrogens with zero attached hydrogens (tertiary/aromatic N) is 2. The molecule has 1 N–H and O–H groups in total. The van der Waals surface area contributed by atoms with E-state index in [0.29, 0.717) is 29.5 Å². The van der Waals surface area contributed by atoms with Gasteiger partial charge in [0.1, 0.15) is 11.5 Å². The molecule has 0 bridgehead atoms. The van der Waals surface area contributed by atoms with Gasteiger partial charge in [-0.25, -0.2) is 8.42 Å². The summed E-state index contributed by atoms with van der Waals surface area (Å²) >= 11 is 0. The number of nitrogens with one attached hydrogen (secondary N) is 1. The maximum atomic E-state index is 12.6. The highest BCUT2D eigenvalue weighted by Gasteiger charge is 2.26. The molecule has 3 heterocycles. The van der Waals surface area contributed by atoms with Gasteiger partial charge in [-0.2, -0.15) is 4.31 Å². The van der Waals surface area contributed by atoms with Crippen molar-refractivity contribution in [3.8, 4) is 23.3 Å². The maximum absolute atomic E-state index is 12.6. The van der Waals surface area contributed by atoms with Gasteiger partial charge in [0.2, 0.25) is 10.0 Å². The number of pyridine rings is 1. The molecule has 1 atom stereocenters. The second-order valence-corrected chi connectivity index (χ2v) is 8.95. The van der Waals surface area contributed by atoms with E-state index >= 15 is 0 Å². The van der Waals surface area contributed by atoms with Crippen LogP contribution in [0.2, 0.25) is 0 Å². The van der Waals surface area contributed by atoms with Gasteiger partial charge in [0.25, 0.3) is 0 Å². The lowest BCUT2D eigenvalue weighted by Crippen LogP contribution is -2.27. The zero-order chi connectivity index (χ0) is 19.4. The fourth-order valence-electron chi connectivity index (χ4n) is 3.41. The van der Waals surface area contributed by atoms with Crippen LogP contribution < -0.4 is 10.1 Å². The third kappa shape index (κ3) is 4.36. The minimum Gasteiger partial charge on any atom is -0.456 e. The van der Waals surface area contributed by atoms with Crippen molar-refractivity contribution in [2.45, 2.75) is 36.6 Å². The van der Waals surface area contributed by atoms with E-state index < -0.39 is 10.0 Å². The Morgan fingerprint density at radius 1 is 1.07 bits per heavy atom. The number of aromatic nitrogens is 1. The van der Waals surface area contributed by atoms with Crippen LogP contribution in [0.5, 0.6) is 11.5 Å². The van der Waals surface area contributed by atoms with Crippen LogP contribution >= 0.6 is 0 Å². The molecule has 0 aliphatic carbocycles. The molecule has 2 aliphatic heterocycles. The van der Waals surface area contributed by atoms with Crippen LogP contribution in [0.25, 0.3) is 0 Å². The quantitative estimate of drug-likeness (QED) is 0.804. The summed E-state index contributed by atoms with van der Waals surface area (Å²) in [5.74, 6) is 7.48. The van der Waals surface area contributed by atoms with Gasteiger partial charge in [-0.1, -0.05) is 11.8 Å². The van der Waals surface area contributed by atoms with Crippen LogP contribution in [0.3, 0.4) is 0 Å². The smallest absolute Gasteiger partial charge is 0.243 e. The first-order valence-corrected chi connectivity index (χ1v) is 11.0. The number of rotatable bonds is 4. The molecule has 0 amide bonds. The third-order valence-corrected chi connectivity index (χ3v) is 6.84. The van der Waals surface area contributed by atoms with E-state index in [1.807, 2.05) is 6.07 Å². The van der Waals surface area contributed by atoms with E-state index in [2.05, 4.69) is 22.1 Å². The number of benzene rings is 1. The summed E-state index contributed by atoms with van der Waals surface area (Å²) < 4.78 is 32.5. The van der Waals surface area contributed by atoms with Crippen molar-refractivity contribution < 1.29 is 13.2 Å². The van der Waals surface area contributed by atoms with E-state index in [1.165, 1.54) is 4.31 Å².